The van der Waals surface area contributed by atoms with Crippen molar-refractivity contribution >= 4 is 15.9 Å². The van der Waals surface area contributed by atoms with Gasteiger partial charge in [0, 0.05) is 19.7 Å². The Morgan fingerprint density at radius 2 is 2.25 bits per heavy atom. The molecule has 112 valence electrons. The highest BCUT2D eigenvalue weighted by atomic mass is 32.2. The van der Waals surface area contributed by atoms with Gasteiger partial charge in [0.05, 0.1) is 5.69 Å². The third kappa shape index (κ3) is 3.47. The zero-order valence-corrected chi connectivity index (χ0v) is 12.2. The summed E-state index contributed by atoms with van der Waals surface area (Å²) in [5, 5.41) is 9.15. The van der Waals surface area contributed by atoms with Gasteiger partial charge in [0.2, 0.25) is 0 Å². The highest BCUT2D eigenvalue weighted by molar-refractivity contribution is 7.90. The number of halogens is 1. The van der Waals surface area contributed by atoms with Crippen LogP contribution in [0.2, 0.25) is 0 Å². The van der Waals surface area contributed by atoms with Crippen LogP contribution in [0.3, 0.4) is 0 Å². The molecule has 20 heavy (non-hydrogen) atoms. The lowest BCUT2D eigenvalue weighted by atomic mass is 10.0. The summed E-state index contributed by atoms with van der Waals surface area (Å²) in [5.74, 6) is -0.387. The Morgan fingerprint density at radius 3 is 2.90 bits per heavy atom. The standard InChI is InChI=1S/C13H19FN2O3S/c1-10-7-12(4-5-13(10)14)15-20(18,19)16-6-2-3-11(8-16)9-17/h4-5,7,11,15,17H,2-3,6,8-9H2,1H3. The van der Waals surface area contributed by atoms with E-state index >= 15 is 0 Å². The molecule has 1 aromatic carbocycles. The largest absolute Gasteiger partial charge is 0.396 e. The summed E-state index contributed by atoms with van der Waals surface area (Å²) in [7, 11) is -3.66. The summed E-state index contributed by atoms with van der Waals surface area (Å²) in [6.45, 7) is 2.31. The second-order valence-corrected chi connectivity index (χ2v) is 6.79. The van der Waals surface area contributed by atoms with Crippen LogP contribution < -0.4 is 4.72 Å². The second kappa shape index (κ2) is 6.07. The van der Waals surface area contributed by atoms with Crippen molar-refractivity contribution < 1.29 is 17.9 Å². The van der Waals surface area contributed by atoms with Crippen LogP contribution in [-0.4, -0.2) is 37.5 Å². The van der Waals surface area contributed by atoms with E-state index < -0.39 is 10.2 Å². The first-order chi connectivity index (χ1) is 9.42. The Kier molecular flexibility index (Phi) is 4.62. The number of nitrogens with zero attached hydrogens (tertiary/aromatic N) is 1. The van der Waals surface area contributed by atoms with Gasteiger partial charge in [-0.1, -0.05) is 0 Å². The molecule has 1 aromatic rings. The average Bonchev–Trinajstić information content (AvgIpc) is 2.43. The fourth-order valence-corrected chi connectivity index (χ4v) is 3.65. The topological polar surface area (TPSA) is 69.6 Å². The third-order valence-corrected chi connectivity index (χ3v) is 4.99. The van der Waals surface area contributed by atoms with Gasteiger partial charge < -0.3 is 5.11 Å². The zero-order chi connectivity index (χ0) is 14.8. The second-order valence-electron chi connectivity index (χ2n) is 5.12. The average molecular weight is 302 g/mol. The first kappa shape index (κ1) is 15.2. The molecule has 1 unspecified atom stereocenters. The predicted molar refractivity (Wildman–Crippen MR) is 75.1 cm³/mol. The van der Waals surface area contributed by atoms with E-state index in [1.165, 1.54) is 22.5 Å². The van der Waals surface area contributed by atoms with E-state index in [0.29, 0.717) is 24.3 Å². The van der Waals surface area contributed by atoms with Gasteiger partial charge in [-0.2, -0.15) is 12.7 Å². The van der Waals surface area contributed by atoms with Crippen LogP contribution in [0.5, 0.6) is 0 Å². The summed E-state index contributed by atoms with van der Waals surface area (Å²) in [5.41, 5.74) is 0.729. The molecule has 2 rings (SSSR count). The molecule has 0 aliphatic carbocycles. The number of benzene rings is 1. The molecule has 1 aliphatic rings. The highest BCUT2D eigenvalue weighted by Gasteiger charge is 2.28. The minimum absolute atomic E-state index is 0.0122. The summed E-state index contributed by atoms with van der Waals surface area (Å²) < 4.78 is 41.5. The van der Waals surface area contributed by atoms with Crippen molar-refractivity contribution in [3.63, 3.8) is 0 Å². The number of aliphatic hydroxyl groups excluding tert-OH is 1. The van der Waals surface area contributed by atoms with Gasteiger partial charge in [0.1, 0.15) is 5.82 Å². The lowest BCUT2D eigenvalue weighted by Crippen LogP contribution is -2.43. The van der Waals surface area contributed by atoms with E-state index in [1.807, 2.05) is 0 Å². The number of rotatable bonds is 4. The van der Waals surface area contributed by atoms with Crippen molar-refractivity contribution in [3.8, 4) is 0 Å². The maximum atomic E-state index is 13.2. The van der Waals surface area contributed by atoms with E-state index in [1.54, 1.807) is 6.92 Å². The van der Waals surface area contributed by atoms with Crippen LogP contribution in [0.15, 0.2) is 18.2 Å². The lowest BCUT2D eigenvalue weighted by molar-refractivity contribution is 0.166. The monoisotopic (exact) mass is 302 g/mol. The molecule has 0 aromatic heterocycles. The maximum Gasteiger partial charge on any atom is 0.301 e. The Morgan fingerprint density at radius 1 is 1.50 bits per heavy atom. The predicted octanol–water partition coefficient (Wildman–Crippen LogP) is 1.50. The fraction of sp³-hybridized carbons (Fsp3) is 0.538. The van der Waals surface area contributed by atoms with Gasteiger partial charge >= 0.3 is 10.2 Å². The Hall–Kier alpha value is -1.18. The fourth-order valence-electron chi connectivity index (χ4n) is 2.32. The van der Waals surface area contributed by atoms with Crippen molar-refractivity contribution in [2.75, 3.05) is 24.4 Å². The summed E-state index contributed by atoms with van der Waals surface area (Å²) in [6.07, 6.45) is 1.56. The molecule has 0 bridgehead atoms. The van der Waals surface area contributed by atoms with Crippen LogP contribution in [0.4, 0.5) is 10.1 Å². The zero-order valence-electron chi connectivity index (χ0n) is 11.3. The van der Waals surface area contributed by atoms with Gasteiger partial charge in [-0.05, 0) is 49.4 Å². The van der Waals surface area contributed by atoms with Gasteiger partial charge in [-0.25, -0.2) is 4.39 Å². The number of piperidine rings is 1. The molecular formula is C13H19FN2O3S. The van der Waals surface area contributed by atoms with E-state index in [4.69, 9.17) is 5.11 Å². The van der Waals surface area contributed by atoms with Gasteiger partial charge in [-0.15, -0.1) is 0 Å². The number of aryl methyl sites for hydroxylation is 1. The summed E-state index contributed by atoms with van der Waals surface area (Å²) >= 11 is 0. The molecule has 1 heterocycles. The molecule has 1 atom stereocenters. The van der Waals surface area contributed by atoms with E-state index in [0.717, 1.165) is 12.8 Å². The van der Waals surface area contributed by atoms with Gasteiger partial charge in [0.15, 0.2) is 0 Å². The number of nitrogens with one attached hydrogen (secondary N) is 1. The molecule has 2 N–H and O–H groups in total. The number of aliphatic hydroxyl groups is 1. The normalized spacial score (nSPS) is 20.9. The molecule has 7 heteroatoms. The first-order valence-electron chi connectivity index (χ1n) is 6.57. The van der Waals surface area contributed by atoms with Crippen LogP contribution in [-0.2, 0) is 10.2 Å². The molecule has 1 saturated heterocycles. The number of hydrogen-bond acceptors (Lipinski definition) is 3. The van der Waals surface area contributed by atoms with Crippen molar-refractivity contribution in [2.45, 2.75) is 19.8 Å². The summed E-state index contributed by atoms with van der Waals surface area (Å²) in [6, 6.07) is 4.09. The van der Waals surface area contributed by atoms with Crippen molar-refractivity contribution in [1.82, 2.24) is 4.31 Å². The van der Waals surface area contributed by atoms with Crippen LogP contribution in [0.1, 0.15) is 18.4 Å². The molecular weight excluding hydrogens is 283 g/mol. The van der Waals surface area contributed by atoms with E-state index in [9.17, 15) is 12.8 Å². The van der Waals surface area contributed by atoms with Crippen LogP contribution >= 0.6 is 0 Å². The SMILES string of the molecule is Cc1cc(NS(=O)(=O)N2CCCC(CO)C2)ccc1F. The third-order valence-electron chi connectivity index (χ3n) is 3.48. The summed E-state index contributed by atoms with van der Waals surface area (Å²) in [4.78, 5) is 0. The maximum absolute atomic E-state index is 13.2. The van der Waals surface area contributed by atoms with Gasteiger partial charge in [0.25, 0.3) is 0 Å². The minimum Gasteiger partial charge on any atom is -0.396 e. The molecule has 0 spiro atoms. The molecule has 0 radical (unpaired) electrons. The van der Waals surface area contributed by atoms with Crippen molar-refractivity contribution in [1.29, 1.82) is 0 Å². The number of hydrogen-bond donors (Lipinski definition) is 2. The smallest absolute Gasteiger partial charge is 0.301 e. The minimum atomic E-state index is -3.66. The lowest BCUT2D eigenvalue weighted by Gasteiger charge is -2.31. The van der Waals surface area contributed by atoms with Gasteiger partial charge in [-0.3, -0.25) is 4.72 Å². The Bertz CT molecular complexity index is 577. The van der Waals surface area contributed by atoms with Crippen LogP contribution in [0, 0.1) is 18.7 Å². The molecule has 1 fully saturated rings. The Labute approximate surface area is 118 Å². The molecule has 0 saturated carbocycles. The molecule has 5 nitrogen and oxygen atoms in total. The van der Waals surface area contributed by atoms with Crippen LogP contribution in [0.25, 0.3) is 0 Å². The van der Waals surface area contributed by atoms with Crippen molar-refractivity contribution in [3.05, 3.63) is 29.6 Å². The Balaban J connectivity index is 2.12. The molecule has 0 amide bonds. The van der Waals surface area contributed by atoms with E-state index in [2.05, 4.69) is 4.72 Å². The molecule has 1 aliphatic heterocycles. The quantitative estimate of drug-likeness (QED) is 0.885. The first-order valence-corrected chi connectivity index (χ1v) is 8.01. The highest BCUT2D eigenvalue weighted by Crippen LogP contribution is 2.21. The number of anilines is 1. The van der Waals surface area contributed by atoms with Crippen molar-refractivity contribution in [2.24, 2.45) is 5.92 Å². The van der Waals surface area contributed by atoms with E-state index in [-0.39, 0.29) is 18.3 Å².